The second-order valence-corrected chi connectivity index (χ2v) is 4.14. The van der Waals surface area contributed by atoms with Gasteiger partial charge in [0.15, 0.2) is 0 Å². The molecule has 0 aromatic heterocycles. The standard InChI is InChI=1S/C10H9BrN2O3/c1-16-7-3-2-5(4-6(7)11)8-9(14)13-10(15)12-8/h2-4,8H,1H3,(H2,12,13,14,15)/t8-/m0/s1. The van der Waals surface area contributed by atoms with Crippen molar-refractivity contribution in [2.75, 3.05) is 7.11 Å². The summed E-state index contributed by atoms with van der Waals surface area (Å²) in [6.45, 7) is 0. The minimum absolute atomic E-state index is 0.345. The molecule has 5 nitrogen and oxygen atoms in total. The lowest BCUT2D eigenvalue weighted by atomic mass is 10.1. The summed E-state index contributed by atoms with van der Waals surface area (Å²) in [5, 5.41) is 4.70. The molecule has 3 amide bonds. The second-order valence-electron chi connectivity index (χ2n) is 3.29. The van der Waals surface area contributed by atoms with Gasteiger partial charge in [-0.05, 0) is 33.6 Å². The fraction of sp³-hybridized carbons (Fsp3) is 0.200. The summed E-state index contributed by atoms with van der Waals surface area (Å²) in [5.74, 6) is 0.329. The molecule has 1 aromatic rings. The molecule has 1 aliphatic heterocycles. The lowest BCUT2D eigenvalue weighted by Crippen LogP contribution is -2.22. The van der Waals surface area contributed by atoms with Gasteiger partial charge in [-0.2, -0.15) is 0 Å². The van der Waals surface area contributed by atoms with Crippen LogP contribution in [0.3, 0.4) is 0 Å². The molecule has 0 aliphatic carbocycles. The Hall–Kier alpha value is -1.56. The van der Waals surface area contributed by atoms with Crippen molar-refractivity contribution in [2.45, 2.75) is 6.04 Å². The van der Waals surface area contributed by atoms with E-state index in [2.05, 4.69) is 26.6 Å². The smallest absolute Gasteiger partial charge is 0.322 e. The highest BCUT2D eigenvalue weighted by Crippen LogP contribution is 2.28. The summed E-state index contributed by atoms with van der Waals surface area (Å²) >= 11 is 3.32. The van der Waals surface area contributed by atoms with E-state index >= 15 is 0 Å². The van der Waals surface area contributed by atoms with E-state index in [0.29, 0.717) is 11.3 Å². The number of methoxy groups -OCH3 is 1. The summed E-state index contributed by atoms with van der Waals surface area (Å²) in [6, 6.07) is 4.11. The third-order valence-electron chi connectivity index (χ3n) is 2.28. The first-order valence-electron chi connectivity index (χ1n) is 4.56. The van der Waals surface area contributed by atoms with Gasteiger partial charge < -0.3 is 10.1 Å². The summed E-state index contributed by atoms with van der Waals surface area (Å²) in [6.07, 6.45) is 0. The van der Waals surface area contributed by atoms with Crippen LogP contribution in [0.15, 0.2) is 22.7 Å². The molecule has 1 aromatic carbocycles. The van der Waals surface area contributed by atoms with Crippen LogP contribution in [0.5, 0.6) is 5.75 Å². The zero-order valence-corrected chi connectivity index (χ0v) is 10.00. The van der Waals surface area contributed by atoms with Gasteiger partial charge in [0.1, 0.15) is 11.8 Å². The van der Waals surface area contributed by atoms with Crippen LogP contribution in [0.2, 0.25) is 0 Å². The number of ether oxygens (including phenoxy) is 1. The number of hydrogen-bond donors (Lipinski definition) is 2. The Morgan fingerprint density at radius 3 is 2.62 bits per heavy atom. The molecule has 1 saturated heterocycles. The number of carbonyl (C=O) groups excluding carboxylic acids is 2. The van der Waals surface area contributed by atoms with Gasteiger partial charge in [0, 0.05) is 0 Å². The molecule has 84 valence electrons. The van der Waals surface area contributed by atoms with Gasteiger partial charge in [0.05, 0.1) is 11.6 Å². The topological polar surface area (TPSA) is 67.4 Å². The van der Waals surface area contributed by atoms with Crippen LogP contribution >= 0.6 is 15.9 Å². The Morgan fingerprint density at radius 2 is 2.12 bits per heavy atom. The van der Waals surface area contributed by atoms with Crippen molar-refractivity contribution in [3.63, 3.8) is 0 Å². The zero-order chi connectivity index (χ0) is 11.7. The number of benzene rings is 1. The van der Waals surface area contributed by atoms with Crippen LogP contribution < -0.4 is 15.4 Å². The molecule has 0 radical (unpaired) electrons. The third-order valence-corrected chi connectivity index (χ3v) is 2.90. The second kappa shape index (κ2) is 4.13. The highest BCUT2D eigenvalue weighted by atomic mass is 79.9. The molecule has 6 heteroatoms. The van der Waals surface area contributed by atoms with E-state index in [1.165, 1.54) is 0 Å². The van der Waals surface area contributed by atoms with Gasteiger partial charge in [-0.3, -0.25) is 10.1 Å². The average molecular weight is 285 g/mol. The van der Waals surface area contributed by atoms with Gasteiger partial charge in [0.25, 0.3) is 5.91 Å². The summed E-state index contributed by atoms with van der Waals surface area (Å²) in [7, 11) is 1.56. The summed E-state index contributed by atoms with van der Waals surface area (Å²) in [4.78, 5) is 22.4. The lowest BCUT2D eigenvalue weighted by molar-refractivity contribution is -0.120. The Bertz CT molecular complexity index is 461. The number of rotatable bonds is 2. The molecule has 0 saturated carbocycles. The van der Waals surface area contributed by atoms with E-state index in [9.17, 15) is 9.59 Å². The third kappa shape index (κ3) is 1.88. The van der Waals surface area contributed by atoms with E-state index in [0.717, 1.165) is 4.47 Å². The molecule has 1 heterocycles. The van der Waals surface area contributed by atoms with Crippen molar-refractivity contribution in [2.24, 2.45) is 0 Å². The summed E-state index contributed by atoms with van der Waals surface area (Å²) < 4.78 is 5.81. The first kappa shape index (κ1) is 10.9. The zero-order valence-electron chi connectivity index (χ0n) is 8.41. The normalized spacial score (nSPS) is 19.2. The van der Waals surface area contributed by atoms with Crippen LogP contribution in [-0.2, 0) is 4.79 Å². The number of amides is 3. The molecule has 1 fully saturated rings. The minimum atomic E-state index is -0.630. The predicted octanol–water partition coefficient (Wildman–Crippen LogP) is 1.34. The SMILES string of the molecule is COc1ccc([C@@H]2NC(=O)NC2=O)cc1Br. The Labute approximate surface area is 100 Å². The van der Waals surface area contributed by atoms with Gasteiger partial charge in [-0.25, -0.2) is 4.79 Å². The van der Waals surface area contributed by atoms with Crippen LogP contribution in [0.4, 0.5) is 4.79 Å². The maximum absolute atomic E-state index is 11.4. The number of hydrogen-bond acceptors (Lipinski definition) is 3. The number of carbonyl (C=O) groups is 2. The maximum Gasteiger partial charge on any atom is 0.322 e. The Morgan fingerprint density at radius 1 is 1.38 bits per heavy atom. The fourth-order valence-electron chi connectivity index (χ4n) is 1.51. The van der Waals surface area contributed by atoms with E-state index in [4.69, 9.17) is 4.74 Å². The molecule has 1 atom stereocenters. The predicted molar refractivity (Wildman–Crippen MR) is 60.1 cm³/mol. The molecule has 0 unspecified atom stereocenters. The van der Waals surface area contributed by atoms with E-state index in [1.54, 1.807) is 25.3 Å². The molecule has 1 aliphatic rings. The highest BCUT2D eigenvalue weighted by Gasteiger charge is 2.31. The van der Waals surface area contributed by atoms with Crippen molar-refractivity contribution in [3.8, 4) is 5.75 Å². The van der Waals surface area contributed by atoms with Gasteiger partial charge in [-0.15, -0.1) is 0 Å². The van der Waals surface area contributed by atoms with Crippen molar-refractivity contribution >= 4 is 27.9 Å². The first-order valence-corrected chi connectivity index (χ1v) is 5.36. The highest BCUT2D eigenvalue weighted by molar-refractivity contribution is 9.10. The van der Waals surface area contributed by atoms with Crippen molar-refractivity contribution in [3.05, 3.63) is 28.2 Å². The minimum Gasteiger partial charge on any atom is -0.496 e. The van der Waals surface area contributed by atoms with Crippen LogP contribution in [-0.4, -0.2) is 19.0 Å². The lowest BCUT2D eigenvalue weighted by Gasteiger charge is -2.10. The van der Waals surface area contributed by atoms with Crippen LogP contribution in [0, 0.1) is 0 Å². The average Bonchev–Trinajstić information content (AvgIpc) is 2.58. The number of halogens is 1. The monoisotopic (exact) mass is 284 g/mol. The number of urea groups is 1. The molecule has 2 rings (SSSR count). The Kier molecular flexibility index (Phi) is 2.82. The van der Waals surface area contributed by atoms with E-state index in [1.807, 2.05) is 0 Å². The van der Waals surface area contributed by atoms with E-state index in [-0.39, 0.29) is 5.91 Å². The van der Waals surface area contributed by atoms with E-state index < -0.39 is 12.1 Å². The largest absolute Gasteiger partial charge is 0.496 e. The summed E-state index contributed by atoms with van der Waals surface area (Å²) in [5.41, 5.74) is 0.705. The molecule has 2 N–H and O–H groups in total. The quantitative estimate of drug-likeness (QED) is 0.806. The fourth-order valence-corrected chi connectivity index (χ4v) is 2.07. The molecule has 0 spiro atoms. The van der Waals surface area contributed by atoms with Crippen LogP contribution in [0.25, 0.3) is 0 Å². The maximum atomic E-state index is 11.4. The van der Waals surface area contributed by atoms with Crippen LogP contribution in [0.1, 0.15) is 11.6 Å². The van der Waals surface area contributed by atoms with Gasteiger partial charge in [-0.1, -0.05) is 6.07 Å². The van der Waals surface area contributed by atoms with Crippen molar-refractivity contribution < 1.29 is 14.3 Å². The first-order chi connectivity index (χ1) is 7.61. The van der Waals surface area contributed by atoms with Gasteiger partial charge in [0.2, 0.25) is 0 Å². The number of nitrogens with one attached hydrogen (secondary N) is 2. The molecule has 16 heavy (non-hydrogen) atoms. The van der Waals surface area contributed by atoms with Gasteiger partial charge >= 0.3 is 6.03 Å². The van der Waals surface area contributed by atoms with Crippen molar-refractivity contribution in [1.29, 1.82) is 0 Å². The molecule has 0 bridgehead atoms. The molecular weight excluding hydrogens is 276 g/mol. The Balaban J connectivity index is 2.31. The van der Waals surface area contributed by atoms with Crippen molar-refractivity contribution in [1.82, 2.24) is 10.6 Å². The molecular formula is C10H9BrN2O3. The number of imide groups is 1.